The van der Waals surface area contributed by atoms with Crippen molar-refractivity contribution in [2.24, 2.45) is 5.92 Å². The molecular formula is C14H21NO2. The summed E-state index contributed by atoms with van der Waals surface area (Å²) >= 11 is 0. The summed E-state index contributed by atoms with van der Waals surface area (Å²) in [6.45, 7) is 5.70. The Morgan fingerprint density at radius 1 is 1.29 bits per heavy atom. The molecule has 0 bridgehead atoms. The number of piperidine rings is 1. The molecule has 0 unspecified atom stereocenters. The lowest BCUT2D eigenvalue weighted by molar-refractivity contribution is 0.217. The molecule has 1 aliphatic rings. The smallest absolute Gasteiger partial charge is 0.122 e. The van der Waals surface area contributed by atoms with Gasteiger partial charge >= 0.3 is 0 Å². The van der Waals surface area contributed by atoms with Crippen molar-refractivity contribution in [3.05, 3.63) is 24.3 Å². The van der Waals surface area contributed by atoms with Crippen LogP contribution in [0, 0.1) is 5.92 Å². The summed E-state index contributed by atoms with van der Waals surface area (Å²) < 4.78 is 11.3. The first-order chi connectivity index (χ1) is 8.38. The van der Waals surface area contributed by atoms with Gasteiger partial charge in [-0.1, -0.05) is 6.07 Å². The molecule has 2 rings (SSSR count). The first-order valence-electron chi connectivity index (χ1n) is 6.45. The highest BCUT2D eigenvalue weighted by Crippen LogP contribution is 2.20. The van der Waals surface area contributed by atoms with Crippen molar-refractivity contribution in [2.45, 2.75) is 19.8 Å². The zero-order valence-corrected chi connectivity index (χ0v) is 10.4. The molecule has 1 aliphatic heterocycles. The molecule has 17 heavy (non-hydrogen) atoms. The molecule has 1 N–H and O–H groups in total. The van der Waals surface area contributed by atoms with E-state index < -0.39 is 0 Å². The number of ether oxygens (including phenoxy) is 2. The molecule has 0 saturated carbocycles. The van der Waals surface area contributed by atoms with E-state index in [1.807, 2.05) is 31.2 Å². The molecule has 1 saturated heterocycles. The van der Waals surface area contributed by atoms with E-state index in [2.05, 4.69) is 5.32 Å². The van der Waals surface area contributed by atoms with Gasteiger partial charge in [-0.15, -0.1) is 0 Å². The molecular weight excluding hydrogens is 214 g/mol. The van der Waals surface area contributed by atoms with Crippen molar-refractivity contribution < 1.29 is 9.47 Å². The summed E-state index contributed by atoms with van der Waals surface area (Å²) in [4.78, 5) is 0. The number of hydrogen-bond donors (Lipinski definition) is 1. The van der Waals surface area contributed by atoms with Gasteiger partial charge in [0.25, 0.3) is 0 Å². The second-order valence-corrected chi connectivity index (χ2v) is 4.43. The normalized spacial score (nSPS) is 19.9. The number of benzene rings is 1. The summed E-state index contributed by atoms with van der Waals surface area (Å²) in [5.41, 5.74) is 0. The van der Waals surface area contributed by atoms with Crippen molar-refractivity contribution in [1.82, 2.24) is 5.32 Å². The Kier molecular flexibility index (Phi) is 4.68. The summed E-state index contributed by atoms with van der Waals surface area (Å²) in [6, 6.07) is 7.87. The number of rotatable bonds is 5. The Morgan fingerprint density at radius 3 is 2.82 bits per heavy atom. The second-order valence-electron chi connectivity index (χ2n) is 4.43. The quantitative estimate of drug-likeness (QED) is 0.850. The summed E-state index contributed by atoms with van der Waals surface area (Å²) in [6.07, 6.45) is 2.52. The van der Waals surface area contributed by atoms with Crippen LogP contribution in [0.2, 0.25) is 0 Å². The van der Waals surface area contributed by atoms with Crippen LogP contribution in [0.3, 0.4) is 0 Å². The van der Waals surface area contributed by atoms with Crippen LogP contribution in [-0.2, 0) is 0 Å². The largest absolute Gasteiger partial charge is 0.494 e. The molecule has 1 heterocycles. The summed E-state index contributed by atoms with van der Waals surface area (Å²) in [7, 11) is 0. The summed E-state index contributed by atoms with van der Waals surface area (Å²) in [5.74, 6) is 2.42. The Labute approximate surface area is 103 Å². The van der Waals surface area contributed by atoms with Gasteiger partial charge in [-0.25, -0.2) is 0 Å². The third-order valence-corrected chi connectivity index (χ3v) is 3.00. The Balaban J connectivity index is 1.83. The first kappa shape index (κ1) is 12.2. The number of hydrogen-bond acceptors (Lipinski definition) is 3. The maximum Gasteiger partial charge on any atom is 0.122 e. The van der Waals surface area contributed by atoms with Gasteiger partial charge in [0.15, 0.2) is 0 Å². The van der Waals surface area contributed by atoms with E-state index in [-0.39, 0.29) is 0 Å². The minimum atomic E-state index is 0.638. The topological polar surface area (TPSA) is 30.5 Å². The molecule has 3 heteroatoms. The van der Waals surface area contributed by atoms with Gasteiger partial charge in [0, 0.05) is 18.5 Å². The third kappa shape index (κ3) is 3.93. The van der Waals surface area contributed by atoms with Crippen LogP contribution >= 0.6 is 0 Å². The maximum atomic E-state index is 5.81. The van der Waals surface area contributed by atoms with E-state index in [4.69, 9.17) is 9.47 Å². The van der Waals surface area contributed by atoms with E-state index in [1.165, 1.54) is 12.8 Å². The van der Waals surface area contributed by atoms with Gasteiger partial charge in [-0.2, -0.15) is 0 Å². The average molecular weight is 235 g/mol. The lowest BCUT2D eigenvalue weighted by Crippen LogP contribution is -2.33. The molecule has 0 spiro atoms. The lowest BCUT2D eigenvalue weighted by atomic mass is 10.0. The minimum absolute atomic E-state index is 0.638. The van der Waals surface area contributed by atoms with Gasteiger partial charge < -0.3 is 14.8 Å². The van der Waals surface area contributed by atoms with Crippen molar-refractivity contribution in [3.63, 3.8) is 0 Å². The fraction of sp³-hybridized carbons (Fsp3) is 0.571. The second kappa shape index (κ2) is 6.50. The van der Waals surface area contributed by atoms with Crippen LogP contribution < -0.4 is 14.8 Å². The lowest BCUT2D eigenvalue weighted by Gasteiger charge is -2.22. The average Bonchev–Trinajstić information content (AvgIpc) is 2.39. The monoisotopic (exact) mass is 235 g/mol. The van der Waals surface area contributed by atoms with Crippen LogP contribution in [-0.4, -0.2) is 26.3 Å². The van der Waals surface area contributed by atoms with Crippen molar-refractivity contribution in [2.75, 3.05) is 26.3 Å². The van der Waals surface area contributed by atoms with Crippen LogP contribution in [0.25, 0.3) is 0 Å². The Hall–Kier alpha value is -1.22. The molecule has 94 valence electrons. The fourth-order valence-electron chi connectivity index (χ4n) is 2.10. The zero-order valence-electron chi connectivity index (χ0n) is 10.4. The Bertz CT molecular complexity index is 335. The predicted octanol–water partition coefficient (Wildman–Crippen LogP) is 2.46. The van der Waals surface area contributed by atoms with Gasteiger partial charge in [0.1, 0.15) is 11.5 Å². The van der Waals surface area contributed by atoms with E-state index in [0.717, 1.165) is 31.2 Å². The van der Waals surface area contributed by atoms with Crippen LogP contribution in [0.15, 0.2) is 24.3 Å². The van der Waals surface area contributed by atoms with Crippen LogP contribution in [0.5, 0.6) is 11.5 Å². The molecule has 1 atom stereocenters. The first-order valence-corrected chi connectivity index (χ1v) is 6.45. The van der Waals surface area contributed by atoms with E-state index in [9.17, 15) is 0 Å². The van der Waals surface area contributed by atoms with Crippen molar-refractivity contribution in [3.8, 4) is 11.5 Å². The van der Waals surface area contributed by atoms with Gasteiger partial charge in [0.2, 0.25) is 0 Å². The van der Waals surface area contributed by atoms with Crippen molar-refractivity contribution in [1.29, 1.82) is 0 Å². The zero-order chi connectivity index (χ0) is 11.9. The molecule has 1 fully saturated rings. The SMILES string of the molecule is CCOc1cccc(OC[C@H]2CCCNC2)c1. The molecule has 1 aromatic carbocycles. The summed E-state index contributed by atoms with van der Waals surface area (Å²) in [5, 5.41) is 3.40. The molecule has 3 nitrogen and oxygen atoms in total. The van der Waals surface area contributed by atoms with Gasteiger partial charge in [-0.3, -0.25) is 0 Å². The molecule has 1 aromatic rings. The van der Waals surface area contributed by atoms with E-state index in [0.29, 0.717) is 12.5 Å². The number of nitrogens with one attached hydrogen (secondary N) is 1. The highest BCUT2D eigenvalue weighted by Gasteiger charge is 2.13. The third-order valence-electron chi connectivity index (χ3n) is 3.00. The molecule has 0 radical (unpaired) electrons. The van der Waals surface area contributed by atoms with Gasteiger partial charge in [-0.05, 0) is 38.4 Å². The van der Waals surface area contributed by atoms with Gasteiger partial charge in [0.05, 0.1) is 13.2 Å². The van der Waals surface area contributed by atoms with Crippen molar-refractivity contribution >= 4 is 0 Å². The highest BCUT2D eigenvalue weighted by molar-refractivity contribution is 5.32. The van der Waals surface area contributed by atoms with E-state index >= 15 is 0 Å². The predicted molar refractivity (Wildman–Crippen MR) is 68.7 cm³/mol. The van der Waals surface area contributed by atoms with E-state index in [1.54, 1.807) is 0 Å². The molecule has 0 amide bonds. The van der Waals surface area contributed by atoms with Crippen LogP contribution in [0.1, 0.15) is 19.8 Å². The fourth-order valence-corrected chi connectivity index (χ4v) is 2.10. The standard InChI is InChI=1S/C14H21NO2/c1-2-16-13-6-3-7-14(9-13)17-11-12-5-4-8-15-10-12/h3,6-7,9,12,15H,2,4-5,8,10-11H2,1H3/t12-/m0/s1. The molecule has 0 aliphatic carbocycles. The maximum absolute atomic E-state index is 5.81. The minimum Gasteiger partial charge on any atom is -0.494 e. The highest BCUT2D eigenvalue weighted by atomic mass is 16.5. The van der Waals surface area contributed by atoms with Crippen LogP contribution in [0.4, 0.5) is 0 Å². The Morgan fingerprint density at radius 2 is 2.12 bits per heavy atom. The molecule has 0 aromatic heterocycles.